The van der Waals surface area contributed by atoms with Gasteiger partial charge in [0.25, 0.3) is 0 Å². The Morgan fingerprint density at radius 2 is 1.30 bits per heavy atom. The van der Waals surface area contributed by atoms with E-state index in [0.717, 1.165) is 12.8 Å². The highest BCUT2D eigenvalue weighted by atomic mass is 16.1. The quantitative estimate of drug-likeness (QED) is 0.505. The topological polar surface area (TPSA) is 17.1 Å². The molecular weight excluding hydrogens is 124 g/mol. The Bertz CT molecular complexity index is 148. The lowest BCUT2D eigenvalue weighted by Gasteiger charge is -2.19. The fraction of sp³-hybridized carbons (Fsp3) is 0.889. The predicted molar refractivity (Wildman–Crippen MR) is 41.8 cm³/mol. The molecule has 0 aromatic carbocycles. The number of carbonyl (C=O) groups is 1. The van der Waals surface area contributed by atoms with E-state index >= 15 is 0 Å². The van der Waals surface area contributed by atoms with Crippen LogP contribution in [0.4, 0.5) is 0 Å². The average molecular weight is 140 g/mol. The van der Waals surface area contributed by atoms with Crippen molar-refractivity contribution >= 4 is 5.78 Å². The smallest absolute Gasteiger partial charge is 0.144 e. The van der Waals surface area contributed by atoms with Crippen LogP contribution in [0.3, 0.4) is 0 Å². The molecule has 0 aliphatic heterocycles. The second-order valence-corrected chi connectivity index (χ2v) is 4.60. The summed E-state index contributed by atoms with van der Waals surface area (Å²) in [6.07, 6.45) is 2.11. The molecule has 0 atom stereocenters. The van der Waals surface area contributed by atoms with Crippen molar-refractivity contribution in [3.05, 3.63) is 0 Å². The van der Waals surface area contributed by atoms with Crippen molar-refractivity contribution in [2.45, 2.75) is 40.5 Å². The highest BCUT2D eigenvalue weighted by molar-refractivity contribution is 5.91. The predicted octanol–water partition coefficient (Wildman–Crippen LogP) is 2.40. The first-order chi connectivity index (χ1) is 4.36. The molecule has 0 aromatic heterocycles. The van der Waals surface area contributed by atoms with Crippen LogP contribution in [0.25, 0.3) is 0 Å². The summed E-state index contributed by atoms with van der Waals surface area (Å²) in [5, 5.41) is 0. The Kier molecular flexibility index (Phi) is 1.43. The van der Waals surface area contributed by atoms with Crippen LogP contribution < -0.4 is 0 Å². The first kappa shape index (κ1) is 7.77. The number of carbonyl (C=O) groups excluding carboxylic acids is 1. The highest BCUT2D eigenvalue weighted by Gasteiger charge is 2.45. The van der Waals surface area contributed by atoms with Gasteiger partial charge in [-0.25, -0.2) is 0 Å². The molecule has 1 fully saturated rings. The van der Waals surface area contributed by atoms with Crippen LogP contribution in [0.5, 0.6) is 0 Å². The van der Waals surface area contributed by atoms with Gasteiger partial charge in [-0.1, -0.05) is 27.7 Å². The molecule has 0 aromatic rings. The molecule has 0 unspecified atom stereocenters. The van der Waals surface area contributed by atoms with E-state index < -0.39 is 0 Å². The molecule has 0 amide bonds. The lowest BCUT2D eigenvalue weighted by atomic mass is 9.83. The zero-order valence-electron chi connectivity index (χ0n) is 7.32. The molecule has 1 heteroatoms. The van der Waals surface area contributed by atoms with Gasteiger partial charge in [0, 0.05) is 10.8 Å². The van der Waals surface area contributed by atoms with E-state index in [-0.39, 0.29) is 10.8 Å². The maximum absolute atomic E-state index is 11.5. The molecule has 0 bridgehead atoms. The van der Waals surface area contributed by atoms with E-state index in [1.165, 1.54) is 0 Å². The van der Waals surface area contributed by atoms with Crippen LogP contribution in [0.1, 0.15) is 40.5 Å². The van der Waals surface area contributed by atoms with Crippen LogP contribution in [0.2, 0.25) is 0 Å². The molecule has 0 N–H and O–H groups in total. The van der Waals surface area contributed by atoms with Crippen molar-refractivity contribution in [3.8, 4) is 0 Å². The summed E-state index contributed by atoms with van der Waals surface area (Å²) in [5.41, 5.74) is -0.104. The van der Waals surface area contributed by atoms with E-state index in [9.17, 15) is 4.79 Å². The standard InChI is InChI=1S/C9H16O/c1-8(2)5-6-9(3,4)7(8)10/h5-6H2,1-4H3. The molecule has 1 nitrogen and oxygen atoms in total. The maximum atomic E-state index is 11.5. The summed E-state index contributed by atoms with van der Waals surface area (Å²) in [7, 11) is 0. The van der Waals surface area contributed by atoms with Gasteiger partial charge < -0.3 is 0 Å². The Balaban J connectivity index is 2.88. The van der Waals surface area contributed by atoms with E-state index in [2.05, 4.69) is 0 Å². The average Bonchev–Trinajstić information content (AvgIpc) is 1.95. The second kappa shape index (κ2) is 1.84. The van der Waals surface area contributed by atoms with Crippen molar-refractivity contribution in [3.63, 3.8) is 0 Å². The van der Waals surface area contributed by atoms with Gasteiger partial charge in [0.05, 0.1) is 0 Å². The van der Waals surface area contributed by atoms with Gasteiger partial charge in [-0.2, -0.15) is 0 Å². The fourth-order valence-electron chi connectivity index (χ4n) is 1.77. The van der Waals surface area contributed by atoms with Gasteiger partial charge >= 0.3 is 0 Å². The molecule has 0 spiro atoms. The largest absolute Gasteiger partial charge is 0.299 e. The molecule has 0 heterocycles. The number of Topliss-reactive ketones (excluding diaryl/α,β-unsaturated/α-hetero) is 1. The van der Waals surface area contributed by atoms with Gasteiger partial charge in [0.15, 0.2) is 0 Å². The van der Waals surface area contributed by atoms with Crippen LogP contribution in [0, 0.1) is 10.8 Å². The number of ketones is 1. The van der Waals surface area contributed by atoms with Gasteiger partial charge in [-0.3, -0.25) is 4.79 Å². The molecule has 0 saturated heterocycles. The van der Waals surface area contributed by atoms with Crippen LogP contribution >= 0.6 is 0 Å². The molecule has 1 aliphatic rings. The fourth-order valence-corrected chi connectivity index (χ4v) is 1.77. The Hall–Kier alpha value is -0.330. The van der Waals surface area contributed by atoms with Gasteiger partial charge in [0.1, 0.15) is 5.78 Å². The molecule has 1 aliphatic carbocycles. The minimum atomic E-state index is -0.0521. The molecular formula is C9H16O. The van der Waals surface area contributed by atoms with Crippen molar-refractivity contribution in [1.82, 2.24) is 0 Å². The lowest BCUT2D eigenvalue weighted by molar-refractivity contribution is -0.130. The summed E-state index contributed by atoms with van der Waals surface area (Å²) in [6.45, 7) is 8.18. The normalized spacial score (nSPS) is 29.0. The Morgan fingerprint density at radius 1 is 1.00 bits per heavy atom. The van der Waals surface area contributed by atoms with Crippen molar-refractivity contribution < 1.29 is 4.79 Å². The van der Waals surface area contributed by atoms with Crippen LogP contribution in [-0.4, -0.2) is 5.78 Å². The summed E-state index contributed by atoms with van der Waals surface area (Å²) >= 11 is 0. The zero-order chi connectivity index (χ0) is 7.99. The Labute approximate surface area is 62.8 Å². The first-order valence-electron chi connectivity index (χ1n) is 3.91. The first-order valence-corrected chi connectivity index (χ1v) is 3.91. The van der Waals surface area contributed by atoms with Crippen LogP contribution in [-0.2, 0) is 4.79 Å². The zero-order valence-corrected chi connectivity index (χ0v) is 7.32. The Morgan fingerprint density at radius 3 is 1.40 bits per heavy atom. The third kappa shape index (κ3) is 0.979. The van der Waals surface area contributed by atoms with Gasteiger partial charge in [0.2, 0.25) is 0 Å². The summed E-state index contributed by atoms with van der Waals surface area (Å²) < 4.78 is 0. The monoisotopic (exact) mass is 140 g/mol. The van der Waals surface area contributed by atoms with Crippen LogP contribution in [0.15, 0.2) is 0 Å². The number of rotatable bonds is 0. The summed E-state index contributed by atoms with van der Waals surface area (Å²) in [6, 6.07) is 0. The molecule has 1 rings (SSSR count). The van der Waals surface area contributed by atoms with E-state index in [4.69, 9.17) is 0 Å². The number of hydrogen-bond donors (Lipinski definition) is 0. The van der Waals surface area contributed by atoms with Crippen molar-refractivity contribution in [2.75, 3.05) is 0 Å². The molecule has 58 valence electrons. The second-order valence-electron chi connectivity index (χ2n) is 4.60. The molecule has 0 radical (unpaired) electrons. The third-order valence-corrected chi connectivity index (χ3v) is 2.60. The summed E-state index contributed by atoms with van der Waals surface area (Å²) in [4.78, 5) is 11.5. The minimum Gasteiger partial charge on any atom is -0.299 e. The van der Waals surface area contributed by atoms with Crippen molar-refractivity contribution in [2.24, 2.45) is 10.8 Å². The molecule has 1 saturated carbocycles. The number of hydrogen-bond acceptors (Lipinski definition) is 1. The minimum absolute atomic E-state index is 0.0521. The lowest BCUT2D eigenvalue weighted by Crippen LogP contribution is -2.26. The highest BCUT2D eigenvalue weighted by Crippen LogP contribution is 2.44. The summed E-state index contributed by atoms with van der Waals surface area (Å²) in [5.74, 6) is 0.431. The molecule has 10 heavy (non-hydrogen) atoms. The van der Waals surface area contributed by atoms with Gasteiger partial charge in [-0.15, -0.1) is 0 Å². The third-order valence-electron chi connectivity index (χ3n) is 2.60. The van der Waals surface area contributed by atoms with E-state index in [1.807, 2.05) is 27.7 Å². The maximum Gasteiger partial charge on any atom is 0.144 e. The SMILES string of the molecule is CC1(C)CCC(C)(C)C1=O. The van der Waals surface area contributed by atoms with E-state index in [1.54, 1.807) is 0 Å². The van der Waals surface area contributed by atoms with Gasteiger partial charge in [-0.05, 0) is 12.8 Å². The van der Waals surface area contributed by atoms with E-state index in [0.29, 0.717) is 5.78 Å². The van der Waals surface area contributed by atoms with Crippen molar-refractivity contribution in [1.29, 1.82) is 0 Å².